The molecule has 0 aliphatic rings. The van der Waals surface area contributed by atoms with E-state index in [0.29, 0.717) is 16.3 Å². The summed E-state index contributed by atoms with van der Waals surface area (Å²) >= 11 is 12.0. The molecule has 55 heavy (non-hydrogen) atoms. The molecule has 0 fully saturated rings. The van der Waals surface area contributed by atoms with Crippen LogP contribution >= 0.6 is 23.2 Å². The van der Waals surface area contributed by atoms with Crippen LogP contribution in [0.5, 0.6) is 0 Å². The van der Waals surface area contributed by atoms with Crippen LogP contribution in [0.2, 0.25) is 10.0 Å². The van der Waals surface area contributed by atoms with E-state index in [1.807, 2.05) is 133 Å². The van der Waals surface area contributed by atoms with Gasteiger partial charge in [0.2, 0.25) is 13.1 Å². The zero-order valence-electron chi connectivity index (χ0n) is 29.2. The summed E-state index contributed by atoms with van der Waals surface area (Å²) in [7, 11) is 0. The number of hydrogen-bond acceptors (Lipinski definition) is 4. The second-order valence-electron chi connectivity index (χ2n) is 13.0. The molecule has 0 radical (unpaired) electrons. The zero-order chi connectivity index (χ0) is 38.5. The maximum absolute atomic E-state index is 13.7. The molecule has 2 atom stereocenters. The molecule has 11 heteroatoms. The van der Waals surface area contributed by atoms with Crippen molar-refractivity contribution in [2.75, 3.05) is 13.1 Å². The Bertz CT molecular complexity index is 2610. The number of benzene rings is 6. The predicted molar refractivity (Wildman–Crippen MR) is 218 cm³/mol. The third-order valence-corrected chi connectivity index (χ3v) is 10.1. The van der Waals surface area contributed by atoms with Crippen molar-refractivity contribution in [1.82, 2.24) is 9.97 Å². The number of rotatable bonds is 10. The van der Waals surface area contributed by atoms with Crippen LogP contribution in [-0.4, -0.2) is 32.9 Å². The number of fused-ring (bicyclic) bond motifs is 2. The van der Waals surface area contributed by atoms with Crippen LogP contribution in [0.25, 0.3) is 44.3 Å². The van der Waals surface area contributed by atoms with Gasteiger partial charge >= 0.3 is 0 Å². The molecular weight excluding hydrogens is 738 g/mol. The molecule has 8 nitrogen and oxygen atoms in total. The van der Waals surface area contributed by atoms with Crippen molar-refractivity contribution in [3.05, 3.63) is 210 Å². The molecule has 0 amide bonds. The normalized spacial score (nSPS) is 12.2. The third kappa shape index (κ3) is 8.13. The third-order valence-electron chi connectivity index (χ3n) is 9.60. The molecule has 0 spiro atoms. The number of hydrogen-bond donors (Lipinski definition) is 2. The lowest BCUT2D eigenvalue weighted by molar-refractivity contribution is -0.481. The molecule has 2 unspecified atom stereocenters. The van der Waals surface area contributed by atoms with E-state index in [0.717, 1.165) is 55.3 Å². The first-order chi connectivity index (χ1) is 26.7. The number of aromatic nitrogens is 2. The molecule has 2 aromatic heterocycles. The van der Waals surface area contributed by atoms with Gasteiger partial charge in [0.05, 0.1) is 28.2 Å². The van der Waals surface area contributed by atoms with Crippen molar-refractivity contribution in [2.45, 2.75) is 11.8 Å². The quantitative estimate of drug-likeness (QED) is 0.106. The minimum absolute atomic E-state index is 0.00708. The molecule has 0 aliphatic heterocycles. The fourth-order valence-corrected chi connectivity index (χ4v) is 7.48. The number of nitro groups is 2. The van der Waals surface area contributed by atoms with Gasteiger partial charge in [-0.05, 0) is 75.8 Å². The molecule has 2 N–H and O–H groups in total. The zero-order valence-corrected chi connectivity index (χ0v) is 30.7. The van der Waals surface area contributed by atoms with Gasteiger partial charge in [-0.1, -0.05) is 132 Å². The Morgan fingerprint density at radius 3 is 1.42 bits per heavy atom. The van der Waals surface area contributed by atoms with E-state index in [1.54, 1.807) is 12.1 Å². The first-order valence-electron chi connectivity index (χ1n) is 17.4. The minimum Gasteiger partial charge on any atom is -0.354 e. The highest BCUT2D eigenvalue weighted by atomic mass is 35.5. The van der Waals surface area contributed by atoms with Crippen LogP contribution in [0.3, 0.4) is 0 Å². The van der Waals surface area contributed by atoms with Crippen LogP contribution in [0.4, 0.5) is 4.39 Å². The van der Waals surface area contributed by atoms with Crippen LogP contribution < -0.4 is 0 Å². The fraction of sp³-hybridized carbons (Fsp3) is 0.0909. The van der Waals surface area contributed by atoms with Gasteiger partial charge in [0.15, 0.2) is 0 Å². The number of aromatic amines is 2. The van der Waals surface area contributed by atoms with Crippen molar-refractivity contribution in [1.29, 1.82) is 0 Å². The van der Waals surface area contributed by atoms with Crippen LogP contribution in [0.1, 0.15) is 34.1 Å². The molecule has 274 valence electrons. The Labute approximate surface area is 325 Å². The molecule has 0 aliphatic carbocycles. The van der Waals surface area contributed by atoms with E-state index in [4.69, 9.17) is 23.2 Å². The van der Waals surface area contributed by atoms with Crippen molar-refractivity contribution < 1.29 is 14.2 Å². The van der Waals surface area contributed by atoms with Crippen molar-refractivity contribution in [2.24, 2.45) is 0 Å². The lowest BCUT2D eigenvalue weighted by Gasteiger charge is -2.16. The van der Waals surface area contributed by atoms with Crippen LogP contribution in [0.15, 0.2) is 152 Å². The van der Waals surface area contributed by atoms with Crippen molar-refractivity contribution >= 4 is 45.0 Å². The molecule has 8 rings (SSSR count). The van der Waals surface area contributed by atoms with Crippen molar-refractivity contribution in [3.8, 4) is 22.5 Å². The Kier molecular flexibility index (Phi) is 11.0. The average Bonchev–Trinajstić information content (AvgIpc) is 3.77. The molecule has 6 aromatic carbocycles. The van der Waals surface area contributed by atoms with E-state index >= 15 is 0 Å². The van der Waals surface area contributed by atoms with E-state index in [9.17, 15) is 24.6 Å². The topological polar surface area (TPSA) is 118 Å². The summed E-state index contributed by atoms with van der Waals surface area (Å²) in [6.07, 6.45) is 0. The number of para-hydroxylation sites is 2. The van der Waals surface area contributed by atoms with Gasteiger partial charge in [0.25, 0.3) is 0 Å². The van der Waals surface area contributed by atoms with E-state index < -0.39 is 11.7 Å². The molecular formula is C44H33Cl2FN4O4. The summed E-state index contributed by atoms with van der Waals surface area (Å²) in [6, 6.07) is 46.6. The Morgan fingerprint density at radius 2 is 0.964 bits per heavy atom. The summed E-state index contributed by atoms with van der Waals surface area (Å²) in [4.78, 5) is 29.2. The fourth-order valence-electron chi connectivity index (χ4n) is 7.17. The van der Waals surface area contributed by atoms with Gasteiger partial charge < -0.3 is 9.97 Å². The first kappa shape index (κ1) is 37.0. The minimum atomic E-state index is -0.507. The largest absolute Gasteiger partial charge is 0.354 e. The number of halogens is 3. The van der Waals surface area contributed by atoms with Gasteiger partial charge in [-0.15, -0.1) is 0 Å². The lowest BCUT2D eigenvalue weighted by Crippen LogP contribution is -2.14. The first-order valence-corrected chi connectivity index (χ1v) is 18.2. The molecule has 2 heterocycles. The van der Waals surface area contributed by atoms with Gasteiger partial charge in [-0.2, -0.15) is 0 Å². The van der Waals surface area contributed by atoms with Crippen LogP contribution in [0, 0.1) is 26.0 Å². The highest BCUT2D eigenvalue weighted by molar-refractivity contribution is 6.31. The summed E-state index contributed by atoms with van der Waals surface area (Å²) in [5.41, 5.74) is 8.57. The van der Waals surface area contributed by atoms with E-state index in [-0.39, 0.29) is 33.9 Å². The van der Waals surface area contributed by atoms with Gasteiger partial charge in [0, 0.05) is 36.7 Å². The van der Waals surface area contributed by atoms with Gasteiger partial charge in [0.1, 0.15) is 5.82 Å². The monoisotopic (exact) mass is 770 g/mol. The molecule has 0 bridgehead atoms. The highest BCUT2D eigenvalue weighted by Gasteiger charge is 2.29. The standard InChI is InChI=1S/C22H16ClFN2O2.C22H17ClN2O2/c23-18-12-15(10-11-19(18)24)22-21(16-8-4-5-9-20(16)25-22)17(13-26(27)28)14-6-2-1-3-7-14;23-17-12-10-16(11-13-17)22-21(18-8-4-5-9-20(18)24-22)19(14-25(26)27)15-6-2-1-3-7-15/h1-12,17,25H,13H2;1-13,19,24H,14H2. The summed E-state index contributed by atoms with van der Waals surface area (Å²) in [5.74, 6) is -1.33. The van der Waals surface area contributed by atoms with Crippen LogP contribution in [-0.2, 0) is 0 Å². The predicted octanol–water partition coefficient (Wildman–Crippen LogP) is 11.9. The summed E-state index contributed by atoms with van der Waals surface area (Å²) in [6.45, 7) is -0.430. The number of nitrogens with zero attached hydrogens (tertiary/aromatic N) is 2. The maximum Gasteiger partial charge on any atom is 0.214 e. The second kappa shape index (κ2) is 16.4. The molecule has 8 aromatic rings. The Balaban J connectivity index is 0.000000169. The lowest BCUT2D eigenvalue weighted by atomic mass is 9.87. The number of H-pyrrole nitrogens is 2. The Morgan fingerprint density at radius 1 is 0.545 bits per heavy atom. The smallest absolute Gasteiger partial charge is 0.214 e. The van der Waals surface area contributed by atoms with E-state index in [1.165, 1.54) is 6.07 Å². The van der Waals surface area contributed by atoms with Gasteiger partial charge in [-0.3, -0.25) is 20.2 Å². The SMILES string of the molecule is O=[N+]([O-])CC(c1ccccc1)c1c(-c2ccc(Cl)cc2)[nH]c2ccccc12.O=[N+]([O-])CC(c1ccccc1)c1c(-c2ccc(F)c(Cl)c2)[nH]c2ccccc12. The molecule has 0 saturated heterocycles. The average molecular weight is 772 g/mol. The molecule has 0 saturated carbocycles. The summed E-state index contributed by atoms with van der Waals surface area (Å²) in [5, 5.41) is 25.5. The highest BCUT2D eigenvalue weighted by Crippen LogP contribution is 2.41. The van der Waals surface area contributed by atoms with Gasteiger partial charge in [-0.25, -0.2) is 4.39 Å². The maximum atomic E-state index is 13.7. The number of nitrogens with one attached hydrogen (secondary N) is 2. The van der Waals surface area contributed by atoms with Crippen molar-refractivity contribution in [3.63, 3.8) is 0 Å². The second-order valence-corrected chi connectivity index (χ2v) is 13.9. The van der Waals surface area contributed by atoms with E-state index in [2.05, 4.69) is 9.97 Å². The Hall–Kier alpha value is -6.29. The summed E-state index contributed by atoms with van der Waals surface area (Å²) < 4.78 is 13.7.